The molecule has 0 saturated heterocycles. The zero-order valence-electron chi connectivity index (χ0n) is 12.9. The summed E-state index contributed by atoms with van der Waals surface area (Å²) >= 11 is 0. The van der Waals surface area contributed by atoms with Gasteiger partial charge < -0.3 is 10.1 Å². The summed E-state index contributed by atoms with van der Waals surface area (Å²) in [5.74, 6) is 0.348. The summed E-state index contributed by atoms with van der Waals surface area (Å²) in [6, 6.07) is 4.80. The number of ether oxygens (including phenoxy) is 1. The van der Waals surface area contributed by atoms with Crippen molar-refractivity contribution in [3.8, 4) is 5.75 Å². The van der Waals surface area contributed by atoms with Crippen molar-refractivity contribution in [3.05, 3.63) is 29.6 Å². The van der Waals surface area contributed by atoms with Crippen LogP contribution in [0, 0.1) is 11.7 Å². The number of hydrogen-bond acceptors (Lipinski definition) is 4. The molecule has 0 aliphatic rings. The molecule has 0 aliphatic heterocycles. The van der Waals surface area contributed by atoms with Gasteiger partial charge in [0, 0.05) is 18.4 Å². The van der Waals surface area contributed by atoms with Gasteiger partial charge in [-0.25, -0.2) is 12.8 Å². The maximum Gasteiger partial charge on any atom is 0.165 e. The van der Waals surface area contributed by atoms with Crippen molar-refractivity contribution in [2.24, 2.45) is 5.92 Å². The van der Waals surface area contributed by atoms with Crippen molar-refractivity contribution in [3.63, 3.8) is 0 Å². The van der Waals surface area contributed by atoms with E-state index in [-0.39, 0.29) is 18.1 Å². The maximum atomic E-state index is 13.8. The summed E-state index contributed by atoms with van der Waals surface area (Å²) in [4.78, 5) is 0. The lowest BCUT2D eigenvalue weighted by Crippen LogP contribution is -2.20. The molecule has 0 saturated carbocycles. The minimum absolute atomic E-state index is 0.0440. The first-order chi connectivity index (χ1) is 9.79. The SMILES string of the molecule is CC(C)CNCc1cccc(F)c1OCCCS(C)(=O)=O. The molecule has 0 aliphatic carbocycles. The molecule has 1 N–H and O–H groups in total. The number of para-hydroxylation sites is 1. The molecule has 0 unspecified atom stereocenters. The van der Waals surface area contributed by atoms with Crippen LogP contribution in [0.5, 0.6) is 5.75 Å². The second-order valence-electron chi connectivity index (χ2n) is 5.58. The highest BCUT2D eigenvalue weighted by Crippen LogP contribution is 2.22. The molecule has 6 heteroatoms. The van der Waals surface area contributed by atoms with Gasteiger partial charge in [-0.05, 0) is 24.9 Å². The fraction of sp³-hybridized carbons (Fsp3) is 0.600. The van der Waals surface area contributed by atoms with Gasteiger partial charge in [0.05, 0.1) is 12.4 Å². The van der Waals surface area contributed by atoms with E-state index in [0.29, 0.717) is 18.9 Å². The van der Waals surface area contributed by atoms with Crippen molar-refractivity contribution >= 4 is 9.84 Å². The Bertz CT molecular complexity index is 544. The van der Waals surface area contributed by atoms with Gasteiger partial charge in [0.15, 0.2) is 11.6 Å². The van der Waals surface area contributed by atoms with Gasteiger partial charge in [-0.1, -0.05) is 26.0 Å². The van der Waals surface area contributed by atoms with E-state index in [1.807, 2.05) is 6.07 Å². The van der Waals surface area contributed by atoms with Crippen LogP contribution >= 0.6 is 0 Å². The zero-order chi connectivity index (χ0) is 15.9. The average Bonchev–Trinajstić information content (AvgIpc) is 2.35. The summed E-state index contributed by atoms with van der Waals surface area (Å²) in [6.07, 6.45) is 1.53. The Balaban J connectivity index is 2.58. The Morgan fingerprint density at radius 1 is 1.33 bits per heavy atom. The Morgan fingerprint density at radius 2 is 2.05 bits per heavy atom. The van der Waals surface area contributed by atoms with E-state index in [2.05, 4.69) is 19.2 Å². The predicted molar refractivity (Wildman–Crippen MR) is 82.8 cm³/mol. The molecule has 0 amide bonds. The predicted octanol–water partition coefficient (Wildman–Crippen LogP) is 2.38. The Morgan fingerprint density at radius 3 is 2.67 bits per heavy atom. The first-order valence-corrected chi connectivity index (χ1v) is 9.14. The first-order valence-electron chi connectivity index (χ1n) is 7.08. The lowest BCUT2D eigenvalue weighted by molar-refractivity contribution is 0.297. The van der Waals surface area contributed by atoms with Gasteiger partial charge in [0.2, 0.25) is 0 Å². The van der Waals surface area contributed by atoms with Crippen molar-refractivity contribution in [1.82, 2.24) is 5.32 Å². The summed E-state index contributed by atoms with van der Waals surface area (Å²) in [7, 11) is -3.01. The van der Waals surface area contributed by atoms with Crippen LogP contribution in [0.25, 0.3) is 0 Å². The van der Waals surface area contributed by atoms with E-state index < -0.39 is 15.7 Å². The highest BCUT2D eigenvalue weighted by Gasteiger charge is 2.10. The monoisotopic (exact) mass is 317 g/mol. The van der Waals surface area contributed by atoms with Crippen LogP contribution in [0.4, 0.5) is 4.39 Å². The van der Waals surface area contributed by atoms with Gasteiger partial charge in [-0.2, -0.15) is 0 Å². The molecule has 0 spiro atoms. The van der Waals surface area contributed by atoms with E-state index in [4.69, 9.17) is 4.74 Å². The number of benzene rings is 1. The molecular formula is C15H24FNO3S. The molecule has 1 aromatic rings. The molecule has 0 heterocycles. The molecule has 0 bridgehead atoms. The van der Waals surface area contributed by atoms with Gasteiger partial charge in [-0.15, -0.1) is 0 Å². The molecule has 1 rings (SSSR count). The standard InChI is InChI=1S/C15H24FNO3S/c1-12(2)10-17-11-13-6-4-7-14(16)15(13)20-8-5-9-21(3,18)19/h4,6-7,12,17H,5,8-11H2,1-3H3. The van der Waals surface area contributed by atoms with Crippen LogP contribution in [-0.4, -0.2) is 33.6 Å². The second kappa shape index (κ2) is 8.34. The number of sulfone groups is 1. The van der Waals surface area contributed by atoms with E-state index in [1.165, 1.54) is 12.3 Å². The fourth-order valence-electron chi connectivity index (χ4n) is 1.85. The van der Waals surface area contributed by atoms with E-state index >= 15 is 0 Å². The molecule has 0 aromatic heterocycles. The van der Waals surface area contributed by atoms with Crippen molar-refractivity contribution in [2.75, 3.05) is 25.2 Å². The highest BCUT2D eigenvalue weighted by molar-refractivity contribution is 7.90. The molecule has 0 atom stereocenters. The summed E-state index contributed by atoms with van der Waals surface area (Å²) in [6.45, 7) is 5.74. The smallest absolute Gasteiger partial charge is 0.165 e. The lowest BCUT2D eigenvalue weighted by atomic mass is 10.1. The quantitative estimate of drug-likeness (QED) is 0.711. The highest BCUT2D eigenvalue weighted by atomic mass is 32.2. The molecule has 0 fully saturated rings. The first kappa shape index (κ1) is 17.9. The van der Waals surface area contributed by atoms with Crippen LogP contribution in [0.2, 0.25) is 0 Å². The van der Waals surface area contributed by atoms with Crippen LogP contribution in [0.3, 0.4) is 0 Å². The van der Waals surface area contributed by atoms with Crippen molar-refractivity contribution in [2.45, 2.75) is 26.8 Å². The third-order valence-corrected chi connectivity index (χ3v) is 3.85. The maximum absolute atomic E-state index is 13.8. The largest absolute Gasteiger partial charge is 0.490 e. The zero-order valence-corrected chi connectivity index (χ0v) is 13.7. The van der Waals surface area contributed by atoms with Crippen LogP contribution in [0.15, 0.2) is 18.2 Å². The number of halogens is 1. The summed E-state index contributed by atoms with van der Waals surface area (Å²) < 4.78 is 41.4. The molecule has 21 heavy (non-hydrogen) atoms. The van der Waals surface area contributed by atoms with Crippen molar-refractivity contribution < 1.29 is 17.5 Å². The summed E-state index contributed by atoms with van der Waals surface area (Å²) in [5, 5.41) is 3.24. The minimum Gasteiger partial charge on any atom is -0.490 e. The van der Waals surface area contributed by atoms with E-state index in [1.54, 1.807) is 6.07 Å². The molecular weight excluding hydrogens is 293 g/mol. The van der Waals surface area contributed by atoms with Crippen LogP contribution in [-0.2, 0) is 16.4 Å². The lowest BCUT2D eigenvalue weighted by Gasteiger charge is -2.13. The molecule has 4 nitrogen and oxygen atoms in total. The summed E-state index contributed by atoms with van der Waals surface area (Å²) in [5.41, 5.74) is 0.745. The van der Waals surface area contributed by atoms with Crippen molar-refractivity contribution in [1.29, 1.82) is 0 Å². The van der Waals surface area contributed by atoms with Gasteiger partial charge >= 0.3 is 0 Å². The second-order valence-corrected chi connectivity index (χ2v) is 7.84. The Labute approximate surface area is 126 Å². The van der Waals surface area contributed by atoms with Gasteiger partial charge in [-0.3, -0.25) is 0 Å². The van der Waals surface area contributed by atoms with Crippen LogP contribution in [0.1, 0.15) is 25.8 Å². The molecule has 1 aromatic carbocycles. The third-order valence-electron chi connectivity index (χ3n) is 2.82. The Hall–Kier alpha value is -1.14. The topological polar surface area (TPSA) is 55.4 Å². The Kier molecular flexibility index (Phi) is 7.11. The van der Waals surface area contributed by atoms with E-state index in [9.17, 15) is 12.8 Å². The molecule has 120 valence electrons. The van der Waals surface area contributed by atoms with E-state index in [0.717, 1.165) is 12.1 Å². The fourth-order valence-corrected chi connectivity index (χ4v) is 2.49. The normalized spacial score (nSPS) is 11.9. The third kappa shape index (κ3) is 7.43. The number of hydrogen-bond donors (Lipinski definition) is 1. The minimum atomic E-state index is -3.01. The van der Waals surface area contributed by atoms with Gasteiger partial charge in [0.1, 0.15) is 9.84 Å². The number of rotatable bonds is 9. The molecule has 0 radical (unpaired) electrons. The van der Waals surface area contributed by atoms with Gasteiger partial charge in [0.25, 0.3) is 0 Å². The number of nitrogens with one attached hydrogen (secondary N) is 1. The average molecular weight is 317 g/mol. The van der Waals surface area contributed by atoms with Crippen LogP contribution < -0.4 is 10.1 Å².